The molecule has 5 rings (SSSR count). The van der Waals surface area contributed by atoms with Crippen molar-refractivity contribution in [3.05, 3.63) is 128 Å². The molecule has 2 bridgehead atoms. The Balaban J connectivity index is 1.31. The maximum absolute atomic E-state index is 13.1. The molecule has 2 aliphatic carbocycles. The van der Waals surface area contributed by atoms with Crippen LogP contribution in [0.15, 0.2) is 106 Å². The minimum Gasteiger partial charge on any atom is -0.487 e. The first kappa shape index (κ1) is 19.8. The molecule has 0 fully saturated rings. The van der Waals surface area contributed by atoms with E-state index in [0.29, 0.717) is 16.8 Å². The van der Waals surface area contributed by atoms with Gasteiger partial charge < -0.3 is 9.30 Å². The summed E-state index contributed by atoms with van der Waals surface area (Å²) in [6.07, 6.45) is 8.27. The molecule has 0 radical (unpaired) electrons. The topological polar surface area (TPSA) is 31.2 Å². The van der Waals surface area contributed by atoms with Gasteiger partial charge in [-0.1, -0.05) is 60.7 Å². The third-order valence-corrected chi connectivity index (χ3v) is 6.43. The second kappa shape index (κ2) is 8.16. The average molecular weight is 476 g/mol. The first-order valence-electron chi connectivity index (χ1n) is 10.1. The zero-order valence-corrected chi connectivity index (χ0v) is 18.2. The molecule has 1 unspecified atom stereocenters. The van der Waals surface area contributed by atoms with Crippen LogP contribution in [0.25, 0.3) is 5.57 Å². The molecule has 0 amide bonds. The summed E-state index contributed by atoms with van der Waals surface area (Å²) in [5, 5.41) is 0. The summed E-state index contributed by atoms with van der Waals surface area (Å²) in [4.78, 5) is 12.9. The number of hydrogen-bond acceptors (Lipinski definition) is 2. The summed E-state index contributed by atoms with van der Waals surface area (Å²) >= 11 is 3.40. The van der Waals surface area contributed by atoms with E-state index in [9.17, 15) is 9.18 Å². The molecule has 0 saturated heterocycles. The molecule has 0 N–H and O–H groups in total. The van der Waals surface area contributed by atoms with Gasteiger partial charge in [0.25, 0.3) is 5.56 Å². The Morgan fingerprint density at radius 2 is 1.77 bits per heavy atom. The molecule has 31 heavy (non-hydrogen) atoms. The zero-order valence-electron chi connectivity index (χ0n) is 16.6. The number of rotatable bonds is 6. The Bertz CT molecular complexity index is 1280. The van der Waals surface area contributed by atoms with Crippen molar-refractivity contribution in [2.24, 2.45) is 5.92 Å². The fourth-order valence-electron chi connectivity index (χ4n) is 3.98. The highest BCUT2D eigenvalue weighted by Crippen LogP contribution is 2.46. The number of halogens is 2. The van der Waals surface area contributed by atoms with Crippen molar-refractivity contribution < 1.29 is 9.13 Å². The summed E-state index contributed by atoms with van der Waals surface area (Å²) in [6.45, 7) is 0.841. The number of pyridine rings is 1. The molecule has 0 aliphatic heterocycles. The fourth-order valence-corrected chi connectivity index (χ4v) is 4.45. The molecule has 3 nitrogen and oxygen atoms in total. The third kappa shape index (κ3) is 3.81. The summed E-state index contributed by atoms with van der Waals surface area (Å²) in [6, 6.07) is 18.2. The summed E-state index contributed by atoms with van der Waals surface area (Å²) < 4.78 is 20.9. The molecule has 2 aliphatic rings. The summed E-state index contributed by atoms with van der Waals surface area (Å²) in [7, 11) is 0. The van der Waals surface area contributed by atoms with Crippen molar-refractivity contribution in [1.29, 1.82) is 0 Å². The first-order valence-corrected chi connectivity index (χ1v) is 10.8. The maximum Gasteiger partial charge on any atom is 0.268 e. The predicted molar refractivity (Wildman–Crippen MR) is 123 cm³/mol. The van der Waals surface area contributed by atoms with Crippen LogP contribution in [0, 0.1) is 11.7 Å². The second-order valence-corrected chi connectivity index (χ2v) is 8.42. The van der Waals surface area contributed by atoms with Crippen molar-refractivity contribution in [3.63, 3.8) is 0 Å². The Labute approximate surface area is 187 Å². The first-order chi connectivity index (χ1) is 15.1. The normalized spacial score (nSPS) is 16.7. The van der Waals surface area contributed by atoms with E-state index in [2.05, 4.69) is 46.3 Å². The molecule has 2 aromatic carbocycles. The van der Waals surface area contributed by atoms with Gasteiger partial charge in [0.1, 0.15) is 22.6 Å². The molecule has 1 aromatic heterocycles. The third-order valence-electron chi connectivity index (χ3n) is 5.70. The van der Waals surface area contributed by atoms with E-state index in [-0.39, 0.29) is 23.9 Å². The van der Waals surface area contributed by atoms with Crippen LogP contribution >= 0.6 is 15.9 Å². The van der Waals surface area contributed by atoms with Gasteiger partial charge in [-0.05, 0) is 62.0 Å². The van der Waals surface area contributed by atoms with Crippen molar-refractivity contribution in [2.75, 3.05) is 0 Å². The number of hydrogen-bond donors (Lipinski definition) is 0. The van der Waals surface area contributed by atoms with Crippen LogP contribution in [-0.2, 0) is 13.2 Å². The molecule has 0 spiro atoms. The van der Waals surface area contributed by atoms with E-state index in [1.807, 2.05) is 18.2 Å². The number of nitrogens with zero attached hydrogens (tertiary/aromatic N) is 1. The highest BCUT2D eigenvalue weighted by atomic mass is 79.9. The molecule has 1 heterocycles. The van der Waals surface area contributed by atoms with Gasteiger partial charge in [-0.3, -0.25) is 4.79 Å². The maximum atomic E-state index is 13.1. The molecule has 5 heteroatoms. The number of aromatic nitrogens is 1. The molecule has 0 saturated carbocycles. The van der Waals surface area contributed by atoms with Gasteiger partial charge in [-0.25, -0.2) is 4.39 Å². The highest BCUT2D eigenvalue weighted by Gasteiger charge is 2.32. The Morgan fingerprint density at radius 1 is 1.00 bits per heavy atom. The SMILES string of the molecule is O=c1c(Br)c(OCc2ccc(F)cc2)ccn1CC1c2ccc(-c3ccccc3)c1c2. The van der Waals surface area contributed by atoms with Gasteiger partial charge >= 0.3 is 0 Å². The van der Waals surface area contributed by atoms with Crippen LogP contribution < -0.4 is 10.3 Å². The molecular formula is C26H19BrFNO2. The lowest BCUT2D eigenvalue weighted by atomic mass is 9.70. The predicted octanol–water partition coefficient (Wildman–Crippen LogP) is 5.91. The van der Waals surface area contributed by atoms with Gasteiger partial charge in [-0.15, -0.1) is 0 Å². The quantitative estimate of drug-likeness (QED) is 0.443. The van der Waals surface area contributed by atoms with Gasteiger partial charge in [0.05, 0.1) is 0 Å². The van der Waals surface area contributed by atoms with Crippen LogP contribution in [-0.4, -0.2) is 4.57 Å². The van der Waals surface area contributed by atoms with Crippen LogP contribution in [0.5, 0.6) is 5.75 Å². The van der Waals surface area contributed by atoms with Gasteiger partial charge in [0.2, 0.25) is 0 Å². The molecule has 154 valence electrons. The smallest absolute Gasteiger partial charge is 0.268 e. The van der Waals surface area contributed by atoms with E-state index in [4.69, 9.17) is 4.74 Å². The number of benzene rings is 2. The standard InChI is InChI=1S/C26H19BrFNO2/c27-25-24(31-16-17-6-9-20(28)10-7-17)12-13-29(26(25)30)15-23-19-8-11-21(22(23)14-19)18-4-2-1-3-5-18/h1-14,23H,15-16H2. The van der Waals surface area contributed by atoms with E-state index < -0.39 is 0 Å². The number of fused-ring (bicyclic) bond motifs is 2. The largest absolute Gasteiger partial charge is 0.487 e. The average Bonchev–Trinajstić information content (AvgIpc) is 2.81. The van der Waals surface area contributed by atoms with Crippen LogP contribution in [0.2, 0.25) is 0 Å². The highest BCUT2D eigenvalue weighted by molar-refractivity contribution is 9.10. The van der Waals surface area contributed by atoms with Crippen molar-refractivity contribution in [3.8, 4) is 5.75 Å². The lowest BCUT2D eigenvalue weighted by molar-refractivity contribution is 0.302. The Kier molecular flexibility index (Phi) is 5.20. The monoisotopic (exact) mass is 475 g/mol. The Morgan fingerprint density at radius 3 is 2.52 bits per heavy atom. The van der Waals surface area contributed by atoms with Gasteiger partial charge in [0.15, 0.2) is 0 Å². The molecule has 3 aromatic rings. The summed E-state index contributed by atoms with van der Waals surface area (Å²) in [5.41, 5.74) is 5.61. The van der Waals surface area contributed by atoms with Crippen molar-refractivity contribution in [1.82, 2.24) is 4.57 Å². The van der Waals surface area contributed by atoms with Crippen LogP contribution in [0.3, 0.4) is 0 Å². The van der Waals surface area contributed by atoms with Gasteiger partial charge in [0, 0.05) is 18.7 Å². The number of allylic oxidation sites excluding steroid dienone is 6. The lowest BCUT2D eigenvalue weighted by Gasteiger charge is -2.35. The van der Waals surface area contributed by atoms with Crippen molar-refractivity contribution in [2.45, 2.75) is 13.2 Å². The van der Waals surface area contributed by atoms with E-state index in [1.54, 1.807) is 29.0 Å². The minimum absolute atomic E-state index is 0.131. The van der Waals surface area contributed by atoms with E-state index >= 15 is 0 Å². The van der Waals surface area contributed by atoms with Gasteiger partial charge in [-0.2, -0.15) is 0 Å². The van der Waals surface area contributed by atoms with E-state index in [0.717, 1.165) is 5.56 Å². The summed E-state index contributed by atoms with van der Waals surface area (Å²) in [5.74, 6) is 0.391. The van der Waals surface area contributed by atoms with Crippen molar-refractivity contribution >= 4 is 21.5 Å². The second-order valence-electron chi connectivity index (χ2n) is 7.63. The Hall–Kier alpha value is -3.18. The fraction of sp³-hybridized carbons (Fsp3) is 0.115. The van der Waals surface area contributed by atoms with Crippen LogP contribution in [0.4, 0.5) is 4.39 Å². The van der Waals surface area contributed by atoms with E-state index in [1.165, 1.54) is 34.4 Å². The minimum atomic E-state index is -0.288. The lowest BCUT2D eigenvalue weighted by Crippen LogP contribution is -2.30. The zero-order chi connectivity index (χ0) is 21.4. The molecule has 1 atom stereocenters. The van der Waals surface area contributed by atoms with Crippen LogP contribution in [0.1, 0.15) is 11.1 Å². The molecular weight excluding hydrogens is 457 g/mol. The number of ether oxygens (including phenoxy) is 1.